The zero-order valence-electron chi connectivity index (χ0n) is 12.6. The molecule has 2 aliphatic rings. The SMILES string of the molecule is CC(C)(C)OC(=O)N1CCC(O)(C2(N)CCSCC2)C1. The van der Waals surface area contributed by atoms with Crippen LogP contribution in [-0.4, -0.2) is 57.4 Å². The number of hydrogen-bond acceptors (Lipinski definition) is 5. The molecule has 0 aromatic heterocycles. The number of likely N-dealkylation sites (tertiary alicyclic amines) is 1. The third-order valence-electron chi connectivity index (χ3n) is 4.21. The highest BCUT2D eigenvalue weighted by Crippen LogP contribution is 2.39. The molecule has 1 unspecified atom stereocenters. The Balaban J connectivity index is 2.02. The highest BCUT2D eigenvalue weighted by molar-refractivity contribution is 7.99. The molecule has 5 nitrogen and oxygen atoms in total. The molecule has 2 fully saturated rings. The number of aliphatic hydroxyl groups is 1. The first kappa shape index (κ1) is 15.9. The van der Waals surface area contributed by atoms with Gasteiger partial charge >= 0.3 is 6.09 Å². The summed E-state index contributed by atoms with van der Waals surface area (Å²) in [5, 5.41) is 10.9. The standard InChI is InChI=1S/C14H26N2O3S/c1-12(2,3)19-11(17)16-7-4-14(18,10-16)13(15)5-8-20-9-6-13/h18H,4-10,15H2,1-3H3. The molecule has 2 rings (SSSR count). The van der Waals surface area contributed by atoms with E-state index in [0.29, 0.717) is 13.0 Å². The zero-order valence-corrected chi connectivity index (χ0v) is 13.5. The average Bonchev–Trinajstić information content (AvgIpc) is 2.73. The lowest BCUT2D eigenvalue weighted by Gasteiger charge is -2.44. The highest BCUT2D eigenvalue weighted by Gasteiger charge is 2.53. The first-order valence-electron chi connectivity index (χ1n) is 7.22. The van der Waals surface area contributed by atoms with Crippen molar-refractivity contribution in [2.45, 2.75) is 56.8 Å². The zero-order chi connectivity index (χ0) is 15.0. The molecule has 0 aromatic rings. The Labute approximate surface area is 125 Å². The minimum absolute atomic E-state index is 0.281. The van der Waals surface area contributed by atoms with Crippen LogP contribution in [0.25, 0.3) is 0 Å². The maximum Gasteiger partial charge on any atom is 0.410 e. The van der Waals surface area contributed by atoms with Gasteiger partial charge < -0.3 is 20.5 Å². The Morgan fingerprint density at radius 1 is 1.30 bits per heavy atom. The second-order valence-electron chi connectivity index (χ2n) is 6.95. The molecule has 0 aliphatic carbocycles. The first-order valence-corrected chi connectivity index (χ1v) is 8.38. The molecule has 3 N–H and O–H groups in total. The number of thioether (sulfide) groups is 1. The molecule has 6 heteroatoms. The van der Waals surface area contributed by atoms with E-state index in [1.807, 2.05) is 32.5 Å². The van der Waals surface area contributed by atoms with E-state index in [2.05, 4.69) is 0 Å². The highest BCUT2D eigenvalue weighted by atomic mass is 32.2. The Morgan fingerprint density at radius 2 is 1.90 bits per heavy atom. The molecular formula is C14H26N2O3S. The number of nitrogens with two attached hydrogens (primary N) is 1. The van der Waals surface area contributed by atoms with Crippen LogP contribution < -0.4 is 5.73 Å². The smallest absolute Gasteiger partial charge is 0.410 e. The molecule has 0 bridgehead atoms. The number of β-amino-alcohol motifs (C(OH)–C–C–N with tert-alkyl or cyclic N) is 1. The second-order valence-corrected chi connectivity index (χ2v) is 8.18. The van der Waals surface area contributed by atoms with E-state index < -0.39 is 16.7 Å². The minimum Gasteiger partial charge on any atom is -0.444 e. The second kappa shape index (κ2) is 5.39. The number of carbonyl (C=O) groups excluding carboxylic acids is 1. The molecule has 0 aromatic carbocycles. The maximum absolute atomic E-state index is 12.1. The predicted molar refractivity (Wildman–Crippen MR) is 80.9 cm³/mol. The normalized spacial score (nSPS) is 30.4. The summed E-state index contributed by atoms with van der Waals surface area (Å²) in [6.45, 7) is 6.32. The van der Waals surface area contributed by atoms with Crippen molar-refractivity contribution in [1.29, 1.82) is 0 Å². The average molecular weight is 302 g/mol. The fraction of sp³-hybridized carbons (Fsp3) is 0.929. The summed E-state index contributed by atoms with van der Waals surface area (Å²) in [6.07, 6.45) is 1.78. The van der Waals surface area contributed by atoms with E-state index in [4.69, 9.17) is 10.5 Å². The predicted octanol–water partition coefficient (Wildman–Crippen LogP) is 1.58. The van der Waals surface area contributed by atoms with Gasteiger partial charge in [-0.25, -0.2) is 4.79 Å². The van der Waals surface area contributed by atoms with Crippen molar-refractivity contribution in [1.82, 2.24) is 4.90 Å². The third kappa shape index (κ3) is 3.23. The van der Waals surface area contributed by atoms with E-state index in [0.717, 1.165) is 24.3 Å². The van der Waals surface area contributed by atoms with E-state index in [1.165, 1.54) is 0 Å². The van der Waals surface area contributed by atoms with Gasteiger partial charge in [0.05, 0.1) is 6.54 Å². The Kier molecular flexibility index (Phi) is 4.29. The van der Waals surface area contributed by atoms with Crippen LogP contribution in [0, 0.1) is 0 Å². The van der Waals surface area contributed by atoms with Crippen molar-refractivity contribution in [3.8, 4) is 0 Å². The summed E-state index contributed by atoms with van der Waals surface area (Å²) in [5.74, 6) is 1.95. The summed E-state index contributed by atoms with van der Waals surface area (Å²) in [5.41, 5.74) is 4.38. The molecule has 20 heavy (non-hydrogen) atoms. The van der Waals surface area contributed by atoms with Gasteiger partial charge in [-0.15, -0.1) is 0 Å². The lowest BCUT2D eigenvalue weighted by atomic mass is 9.75. The van der Waals surface area contributed by atoms with Crippen molar-refractivity contribution in [2.24, 2.45) is 5.73 Å². The maximum atomic E-state index is 12.1. The molecule has 0 spiro atoms. The minimum atomic E-state index is -0.981. The van der Waals surface area contributed by atoms with Crippen LogP contribution in [0.4, 0.5) is 4.79 Å². The lowest BCUT2D eigenvalue weighted by Crippen LogP contribution is -2.63. The lowest BCUT2D eigenvalue weighted by molar-refractivity contribution is -0.0342. The van der Waals surface area contributed by atoms with Crippen molar-refractivity contribution in [2.75, 3.05) is 24.6 Å². The summed E-state index contributed by atoms with van der Waals surface area (Å²) >= 11 is 1.87. The number of nitrogens with zero attached hydrogens (tertiary/aromatic N) is 1. The Morgan fingerprint density at radius 3 is 2.45 bits per heavy atom. The molecule has 1 atom stereocenters. The number of ether oxygens (including phenoxy) is 1. The topological polar surface area (TPSA) is 75.8 Å². The van der Waals surface area contributed by atoms with Crippen LogP contribution in [0.15, 0.2) is 0 Å². The van der Waals surface area contributed by atoms with Crippen LogP contribution in [0.3, 0.4) is 0 Å². The van der Waals surface area contributed by atoms with Crippen LogP contribution >= 0.6 is 11.8 Å². The quantitative estimate of drug-likeness (QED) is 0.769. The fourth-order valence-electron chi connectivity index (χ4n) is 2.88. The van der Waals surface area contributed by atoms with Crippen molar-refractivity contribution >= 4 is 17.9 Å². The van der Waals surface area contributed by atoms with Gasteiger partial charge in [0.2, 0.25) is 0 Å². The number of amides is 1. The van der Waals surface area contributed by atoms with E-state index in [1.54, 1.807) is 4.90 Å². The summed E-state index contributed by atoms with van der Waals surface area (Å²) < 4.78 is 5.37. The van der Waals surface area contributed by atoms with Gasteiger partial charge in [0.25, 0.3) is 0 Å². The largest absolute Gasteiger partial charge is 0.444 e. The van der Waals surface area contributed by atoms with Crippen LogP contribution in [0.5, 0.6) is 0 Å². The summed E-state index contributed by atoms with van der Waals surface area (Å²) in [6, 6.07) is 0. The van der Waals surface area contributed by atoms with Crippen molar-refractivity contribution in [3.05, 3.63) is 0 Å². The Bertz CT molecular complexity index is 377. The van der Waals surface area contributed by atoms with E-state index in [-0.39, 0.29) is 12.6 Å². The number of carbonyl (C=O) groups is 1. The van der Waals surface area contributed by atoms with Gasteiger partial charge in [-0.05, 0) is 51.5 Å². The van der Waals surface area contributed by atoms with Crippen LogP contribution in [0.1, 0.15) is 40.0 Å². The molecule has 116 valence electrons. The van der Waals surface area contributed by atoms with E-state index >= 15 is 0 Å². The van der Waals surface area contributed by atoms with Gasteiger partial charge in [-0.3, -0.25) is 0 Å². The molecule has 0 saturated carbocycles. The van der Waals surface area contributed by atoms with Gasteiger partial charge in [0, 0.05) is 12.1 Å². The third-order valence-corrected chi connectivity index (χ3v) is 5.20. The number of hydrogen-bond donors (Lipinski definition) is 2. The van der Waals surface area contributed by atoms with Gasteiger partial charge in [-0.1, -0.05) is 0 Å². The molecule has 1 amide bonds. The molecule has 0 radical (unpaired) electrons. The Hall–Kier alpha value is -0.460. The van der Waals surface area contributed by atoms with Crippen molar-refractivity contribution in [3.63, 3.8) is 0 Å². The van der Waals surface area contributed by atoms with Gasteiger partial charge in [0.1, 0.15) is 11.2 Å². The van der Waals surface area contributed by atoms with Crippen molar-refractivity contribution < 1.29 is 14.6 Å². The molecular weight excluding hydrogens is 276 g/mol. The summed E-state index contributed by atoms with van der Waals surface area (Å²) in [7, 11) is 0. The van der Waals surface area contributed by atoms with Gasteiger partial charge in [0.15, 0.2) is 0 Å². The first-order chi connectivity index (χ1) is 9.15. The monoisotopic (exact) mass is 302 g/mol. The van der Waals surface area contributed by atoms with E-state index in [9.17, 15) is 9.90 Å². The molecule has 2 saturated heterocycles. The fourth-order valence-corrected chi connectivity index (χ4v) is 4.10. The van der Waals surface area contributed by atoms with Crippen LogP contribution in [-0.2, 0) is 4.74 Å². The summed E-state index contributed by atoms with van der Waals surface area (Å²) in [4.78, 5) is 13.7. The van der Waals surface area contributed by atoms with Crippen LogP contribution in [0.2, 0.25) is 0 Å². The molecule has 2 heterocycles. The number of rotatable bonds is 1. The molecule has 2 aliphatic heterocycles. The van der Waals surface area contributed by atoms with Gasteiger partial charge in [-0.2, -0.15) is 11.8 Å².